The van der Waals surface area contributed by atoms with Crippen molar-refractivity contribution in [3.8, 4) is 0 Å². The van der Waals surface area contributed by atoms with Gasteiger partial charge in [0.05, 0.1) is 13.2 Å². The molecule has 0 aliphatic carbocycles. The third-order valence-electron chi connectivity index (χ3n) is 3.42. The molecule has 0 amide bonds. The Morgan fingerprint density at radius 1 is 1.22 bits per heavy atom. The van der Waals surface area contributed by atoms with Crippen molar-refractivity contribution in [2.24, 2.45) is 10.7 Å². The lowest BCUT2D eigenvalue weighted by molar-refractivity contribution is -0.144. The van der Waals surface area contributed by atoms with Crippen LogP contribution in [-0.4, -0.2) is 49.5 Å². The molecule has 2 heterocycles. The van der Waals surface area contributed by atoms with Crippen LogP contribution in [0.5, 0.6) is 0 Å². The maximum Gasteiger partial charge on any atom is 0.191 e. The first-order valence-corrected chi connectivity index (χ1v) is 6.52. The van der Waals surface area contributed by atoms with Gasteiger partial charge in [0.15, 0.2) is 11.7 Å². The van der Waals surface area contributed by atoms with E-state index in [1.807, 2.05) is 6.92 Å². The summed E-state index contributed by atoms with van der Waals surface area (Å²) in [5.41, 5.74) is 5.97. The smallest absolute Gasteiger partial charge is 0.191 e. The number of rotatable bonds is 3. The van der Waals surface area contributed by atoms with Gasteiger partial charge in [0.2, 0.25) is 0 Å². The molecular formula is C12H24IN3O2. The van der Waals surface area contributed by atoms with E-state index in [1.165, 1.54) is 19.3 Å². The molecule has 2 aliphatic heterocycles. The predicted octanol–water partition coefficient (Wildman–Crippen LogP) is 1.56. The summed E-state index contributed by atoms with van der Waals surface area (Å²) in [4.78, 5) is 6.59. The van der Waals surface area contributed by atoms with Crippen molar-refractivity contribution in [1.82, 2.24) is 4.90 Å². The van der Waals surface area contributed by atoms with Crippen LogP contribution in [0.1, 0.15) is 32.6 Å². The highest BCUT2D eigenvalue weighted by molar-refractivity contribution is 14.0. The third kappa shape index (κ3) is 4.55. The summed E-state index contributed by atoms with van der Waals surface area (Å²) < 4.78 is 11.0. The van der Waals surface area contributed by atoms with Crippen LogP contribution < -0.4 is 5.73 Å². The largest absolute Gasteiger partial charge is 0.370 e. The Bertz CT molecular complexity index is 274. The van der Waals surface area contributed by atoms with Crippen molar-refractivity contribution in [3.63, 3.8) is 0 Å². The number of halogens is 1. The van der Waals surface area contributed by atoms with Gasteiger partial charge in [-0.3, -0.25) is 4.99 Å². The van der Waals surface area contributed by atoms with E-state index in [2.05, 4.69) is 9.89 Å². The Morgan fingerprint density at radius 2 is 1.83 bits per heavy atom. The third-order valence-corrected chi connectivity index (χ3v) is 3.42. The van der Waals surface area contributed by atoms with E-state index < -0.39 is 5.79 Å². The SMILES string of the molecule is CC1(CCN=C(N)N2CCCCC2)OCCO1.I. The molecule has 6 heteroatoms. The predicted molar refractivity (Wildman–Crippen MR) is 82.3 cm³/mol. The lowest BCUT2D eigenvalue weighted by atomic mass is 10.1. The molecule has 2 saturated heterocycles. The number of piperidine rings is 1. The van der Waals surface area contributed by atoms with E-state index in [4.69, 9.17) is 15.2 Å². The number of aliphatic imine (C=N–C) groups is 1. The number of nitrogens with zero attached hydrogens (tertiary/aromatic N) is 2. The Labute approximate surface area is 126 Å². The molecule has 0 spiro atoms. The molecule has 0 aromatic carbocycles. The van der Waals surface area contributed by atoms with Crippen LogP contribution >= 0.6 is 24.0 Å². The first-order valence-electron chi connectivity index (χ1n) is 6.52. The quantitative estimate of drug-likeness (QED) is 0.466. The number of nitrogens with two attached hydrogens (primary N) is 1. The summed E-state index contributed by atoms with van der Waals surface area (Å²) in [7, 11) is 0. The monoisotopic (exact) mass is 369 g/mol. The van der Waals surface area contributed by atoms with Crippen LogP contribution in [0.25, 0.3) is 0 Å². The van der Waals surface area contributed by atoms with E-state index in [0.717, 1.165) is 19.5 Å². The van der Waals surface area contributed by atoms with Crippen LogP contribution in [0.2, 0.25) is 0 Å². The van der Waals surface area contributed by atoms with Gasteiger partial charge in [-0.15, -0.1) is 24.0 Å². The number of likely N-dealkylation sites (tertiary alicyclic amines) is 1. The number of hydrogen-bond donors (Lipinski definition) is 1. The standard InChI is InChI=1S/C12H23N3O2.HI/c1-12(16-9-10-17-12)5-6-14-11(13)15-7-3-2-4-8-15;/h2-10H2,1H3,(H2,13,14);1H. The second-order valence-corrected chi connectivity index (χ2v) is 4.87. The molecule has 0 atom stereocenters. The molecular weight excluding hydrogens is 345 g/mol. The van der Waals surface area contributed by atoms with Gasteiger partial charge in [-0.25, -0.2) is 0 Å². The van der Waals surface area contributed by atoms with Crippen LogP contribution in [0.3, 0.4) is 0 Å². The number of guanidine groups is 1. The molecule has 0 radical (unpaired) electrons. The summed E-state index contributed by atoms with van der Waals surface area (Å²) in [6.45, 7) is 6.08. The van der Waals surface area contributed by atoms with Crippen molar-refractivity contribution in [1.29, 1.82) is 0 Å². The molecule has 5 nitrogen and oxygen atoms in total. The summed E-state index contributed by atoms with van der Waals surface area (Å²) in [6, 6.07) is 0. The van der Waals surface area contributed by atoms with Crippen molar-refractivity contribution in [3.05, 3.63) is 0 Å². The van der Waals surface area contributed by atoms with Crippen molar-refractivity contribution >= 4 is 29.9 Å². The lowest BCUT2D eigenvalue weighted by Gasteiger charge is -2.28. The molecule has 2 aliphatic rings. The normalized spacial score (nSPS) is 23.8. The first kappa shape index (κ1) is 16.0. The zero-order chi connectivity index (χ0) is 12.1. The average molecular weight is 369 g/mol. The van der Waals surface area contributed by atoms with Gasteiger partial charge in [-0.05, 0) is 26.2 Å². The molecule has 2 N–H and O–H groups in total. The maximum absolute atomic E-state index is 5.97. The van der Waals surface area contributed by atoms with Crippen molar-refractivity contribution < 1.29 is 9.47 Å². The van der Waals surface area contributed by atoms with Crippen molar-refractivity contribution in [2.45, 2.75) is 38.4 Å². The molecule has 18 heavy (non-hydrogen) atoms. The molecule has 106 valence electrons. The van der Waals surface area contributed by atoms with Crippen LogP contribution in [0, 0.1) is 0 Å². The summed E-state index contributed by atoms with van der Waals surface area (Å²) >= 11 is 0. The highest BCUT2D eigenvalue weighted by Gasteiger charge is 2.30. The summed E-state index contributed by atoms with van der Waals surface area (Å²) in [5, 5.41) is 0. The minimum atomic E-state index is -0.453. The minimum Gasteiger partial charge on any atom is -0.370 e. The molecule has 0 aromatic rings. The molecule has 0 unspecified atom stereocenters. The second-order valence-electron chi connectivity index (χ2n) is 4.87. The second kappa shape index (κ2) is 7.49. The molecule has 0 saturated carbocycles. The molecule has 2 fully saturated rings. The Morgan fingerprint density at radius 3 is 2.44 bits per heavy atom. The van der Waals surface area contributed by atoms with E-state index in [1.54, 1.807) is 0 Å². The van der Waals surface area contributed by atoms with Gasteiger partial charge in [0.25, 0.3) is 0 Å². The lowest BCUT2D eigenvalue weighted by Crippen LogP contribution is -2.41. The average Bonchev–Trinajstić information content (AvgIpc) is 2.77. The van der Waals surface area contributed by atoms with E-state index in [9.17, 15) is 0 Å². The van der Waals surface area contributed by atoms with E-state index in [-0.39, 0.29) is 24.0 Å². The maximum atomic E-state index is 5.97. The summed E-state index contributed by atoms with van der Waals surface area (Å²) in [5.74, 6) is 0.220. The fraction of sp³-hybridized carbons (Fsp3) is 0.917. The van der Waals surface area contributed by atoms with Crippen LogP contribution in [-0.2, 0) is 9.47 Å². The fourth-order valence-corrected chi connectivity index (χ4v) is 2.30. The van der Waals surface area contributed by atoms with Gasteiger partial charge in [-0.1, -0.05) is 0 Å². The van der Waals surface area contributed by atoms with Crippen LogP contribution in [0.15, 0.2) is 4.99 Å². The van der Waals surface area contributed by atoms with E-state index >= 15 is 0 Å². The molecule has 0 bridgehead atoms. The van der Waals surface area contributed by atoms with Gasteiger partial charge < -0.3 is 20.1 Å². The Kier molecular flexibility index (Phi) is 6.65. The Balaban J connectivity index is 0.00000162. The fourth-order valence-electron chi connectivity index (χ4n) is 2.30. The Hall–Kier alpha value is -0.0800. The zero-order valence-electron chi connectivity index (χ0n) is 11.1. The first-order chi connectivity index (χ1) is 8.20. The van der Waals surface area contributed by atoms with Gasteiger partial charge in [0.1, 0.15) is 0 Å². The van der Waals surface area contributed by atoms with Crippen molar-refractivity contribution in [2.75, 3.05) is 32.8 Å². The molecule has 0 aromatic heterocycles. The van der Waals surface area contributed by atoms with Gasteiger partial charge >= 0.3 is 0 Å². The topological polar surface area (TPSA) is 60.1 Å². The van der Waals surface area contributed by atoms with E-state index in [0.29, 0.717) is 25.7 Å². The minimum absolute atomic E-state index is 0. The number of hydrogen-bond acceptors (Lipinski definition) is 3. The van der Waals surface area contributed by atoms with Gasteiger partial charge in [-0.2, -0.15) is 0 Å². The van der Waals surface area contributed by atoms with Gasteiger partial charge in [0, 0.05) is 26.1 Å². The van der Waals surface area contributed by atoms with Crippen LogP contribution in [0.4, 0.5) is 0 Å². The molecule has 2 rings (SSSR count). The zero-order valence-corrected chi connectivity index (χ0v) is 13.4. The highest BCUT2D eigenvalue weighted by Crippen LogP contribution is 2.22. The highest BCUT2D eigenvalue weighted by atomic mass is 127. The number of ether oxygens (including phenoxy) is 2. The summed E-state index contributed by atoms with van der Waals surface area (Å²) in [6.07, 6.45) is 4.52.